The van der Waals surface area contributed by atoms with Gasteiger partial charge in [-0.25, -0.2) is 14.0 Å². The largest absolute Gasteiger partial charge is 0.463 e. The van der Waals surface area contributed by atoms with Crippen molar-refractivity contribution in [1.82, 2.24) is 25.8 Å². The molecule has 6 atom stereocenters. The highest BCUT2D eigenvalue weighted by molar-refractivity contribution is 5.93. The van der Waals surface area contributed by atoms with Gasteiger partial charge in [-0.05, 0) is 90.3 Å². The normalized spacial score (nSPS) is 24.9. The lowest BCUT2D eigenvalue weighted by atomic mass is 9.69. The van der Waals surface area contributed by atoms with Crippen molar-refractivity contribution < 1.29 is 47.7 Å². The Hall–Kier alpha value is -5.93. The van der Waals surface area contributed by atoms with Crippen LogP contribution in [0, 0.1) is 30.5 Å². The summed E-state index contributed by atoms with van der Waals surface area (Å²) in [6, 6.07) is 16.4. The highest BCUT2D eigenvalue weighted by Crippen LogP contribution is 2.53. The van der Waals surface area contributed by atoms with Crippen molar-refractivity contribution in [2.45, 2.75) is 88.6 Å². The SMILES string of the molecule is CC[C@@]1(O)C(=O)OCC2C(=O)N3Cc4c(nc5cc(F)c(C)c6c5c4[C@@H](NC(=O)C(OCNC(=O)CNC(=O)OCC4c5ccccc5-c5ccccc54)C4CC4)CC6)C3CC21. The molecule has 4 heterocycles. The zero-order chi connectivity index (χ0) is 43.0. The number of aryl methyl sites for hydroxylation is 1. The average Bonchev–Trinajstić information content (AvgIpc) is 3.98. The van der Waals surface area contributed by atoms with Crippen LogP contribution in [0.3, 0.4) is 0 Å². The van der Waals surface area contributed by atoms with Gasteiger partial charge in [-0.15, -0.1) is 0 Å². The molecule has 3 aliphatic heterocycles. The number of esters is 1. The van der Waals surface area contributed by atoms with Gasteiger partial charge in [0.2, 0.25) is 17.7 Å². The van der Waals surface area contributed by atoms with Crippen molar-refractivity contribution >= 4 is 40.7 Å². The summed E-state index contributed by atoms with van der Waals surface area (Å²) >= 11 is 0. The fraction of sp³-hybridized carbons (Fsp3) is 0.447. The first-order chi connectivity index (χ1) is 30.0. The van der Waals surface area contributed by atoms with Gasteiger partial charge in [0.05, 0.1) is 29.2 Å². The molecule has 2 saturated heterocycles. The number of cyclic esters (lactones) is 1. The summed E-state index contributed by atoms with van der Waals surface area (Å²) in [6.45, 7) is 3.01. The highest BCUT2D eigenvalue weighted by Gasteiger charge is 2.59. The first kappa shape index (κ1) is 40.2. The number of aromatic nitrogens is 1. The smallest absolute Gasteiger partial charge is 0.407 e. The van der Waals surface area contributed by atoms with E-state index < -0.39 is 59.4 Å². The number of alkyl carbamates (subject to hydrolysis) is 1. The lowest BCUT2D eigenvalue weighted by Gasteiger charge is -2.48. The summed E-state index contributed by atoms with van der Waals surface area (Å²) in [4.78, 5) is 73.2. The Balaban J connectivity index is 0.806. The number of fused-ring (bicyclic) bond motifs is 8. The van der Waals surface area contributed by atoms with Crippen LogP contribution < -0.4 is 16.0 Å². The Morgan fingerprint density at radius 3 is 2.47 bits per heavy atom. The minimum atomic E-state index is -1.82. The van der Waals surface area contributed by atoms with Gasteiger partial charge in [-0.2, -0.15) is 0 Å². The maximum Gasteiger partial charge on any atom is 0.407 e. The highest BCUT2D eigenvalue weighted by atomic mass is 19.1. The Kier molecular flexibility index (Phi) is 10.0. The predicted octanol–water partition coefficient (Wildman–Crippen LogP) is 4.91. The molecule has 322 valence electrons. The number of halogens is 1. The first-order valence-electron chi connectivity index (χ1n) is 21.6. The summed E-state index contributed by atoms with van der Waals surface area (Å²) in [5.41, 5.74) is 6.44. The summed E-state index contributed by atoms with van der Waals surface area (Å²) < 4.78 is 32.3. The number of amides is 4. The van der Waals surface area contributed by atoms with E-state index in [1.54, 1.807) is 18.7 Å². The molecule has 3 fully saturated rings. The van der Waals surface area contributed by atoms with Crippen LogP contribution >= 0.6 is 0 Å². The molecule has 0 spiro atoms. The zero-order valence-electron chi connectivity index (χ0n) is 34.5. The topological polar surface area (TPSA) is 185 Å². The van der Waals surface area contributed by atoms with E-state index in [0.29, 0.717) is 29.6 Å². The third-order valence-electron chi connectivity index (χ3n) is 14.2. The molecule has 3 aliphatic carbocycles. The number of nitrogens with zero attached hydrogens (tertiary/aromatic N) is 2. The van der Waals surface area contributed by atoms with E-state index in [1.165, 1.54) is 6.07 Å². The number of benzene rings is 3. The minimum absolute atomic E-state index is 0.0570. The number of nitrogens with one attached hydrogen (secondary N) is 3. The van der Waals surface area contributed by atoms with Gasteiger partial charge in [-0.1, -0.05) is 55.5 Å². The number of carbonyl (C=O) groups excluding carboxylic acids is 5. The van der Waals surface area contributed by atoms with Crippen molar-refractivity contribution in [3.63, 3.8) is 0 Å². The van der Waals surface area contributed by atoms with Gasteiger partial charge in [0, 0.05) is 35.4 Å². The number of pyridine rings is 1. The van der Waals surface area contributed by atoms with Crippen LogP contribution in [0.2, 0.25) is 0 Å². The minimum Gasteiger partial charge on any atom is -0.463 e. The first-order valence-corrected chi connectivity index (χ1v) is 21.6. The van der Waals surface area contributed by atoms with E-state index in [-0.39, 0.29) is 69.5 Å². The number of piperidine rings is 1. The van der Waals surface area contributed by atoms with Crippen molar-refractivity contribution in [1.29, 1.82) is 0 Å². The summed E-state index contributed by atoms with van der Waals surface area (Å²) in [7, 11) is 0. The van der Waals surface area contributed by atoms with Crippen molar-refractivity contribution in [3.8, 4) is 11.1 Å². The van der Waals surface area contributed by atoms with E-state index in [4.69, 9.17) is 19.2 Å². The Labute approximate surface area is 356 Å². The molecular formula is C47H48FN5O9. The molecule has 3 aromatic carbocycles. The second-order valence-corrected chi connectivity index (χ2v) is 17.5. The van der Waals surface area contributed by atoms with Crippen molar-refractivity contribution in [2.24, 2.45) is 17.8 Å². The van der Waals surface area contributed by atoms with Crippen molar-refractivity contribution in [3.05, 3.63) is 99.5 Å². The van der Waals surface area contributed by atoms with E-state index >= 15 is 4.39 Å². The standard InChI is InChI=1S/C47H48FN5O9/c1-3-47(59)33-16-37-41-30(19-53(37)44(56)32(33)21-60-45(47)57)40-35(15-14-25-23(2)34(48)17-36(51-41)39(25)40)52-43(55)42(24-12-13-24)62-22-50-38(54)18-49-46(58)61-20-31-28-10-6-4-8-26(28)27-9-5-7-11-29(27)31/h4-11,17,24,31-33,35,37,42,59H,3,12-16,18-22H2,1-2H3,(H,49,58)(H,50,54)(H,52,55)/t32?,33?,35-,37?,42?,47-/m0/s1. The number of ether oxygens (including phenoxy) is 3. The van der Waals surface area contributed by atoms with E-state index in [1.807, 2.05) is 36.4 Å². The van der Waals surface area contributed by atoms with Gasteiger partial charge in [0.1, 0.15) is 38.4 Å². The average molecular weight is 846 g/mol. The van der Waals surface area contributed by atoms with Crippen LogP contribution in [-0.4, -0.2) is 83.0 Å². The number of rotatable bonds is 11. The molecule has 4 aromatic rings. The maximum absolute atomic E-state index is 15.4. The maximum atomic E-state index is 15.4. The van der Waals surface area contributed by atoms with Gasteiger partial charge >= 0.3 is 12.1 Å². The molecule has 10 rings (SSSR count). The Morgan fingerprint density at radius 1 is 1.03 bits per heavy atom. The number of carbonyl (C=O) groups is 5. The molecule has 1 aromatic heterocycles. The lowest BCUT2D eigenvalue weighted by molar-refractivity contribution is -0.202. The Morgan fingerprint density at radius 2 is 1.76 bits per heavy atom. The number of hydrogen-bond donors (Lipinski definition) is 4. The van der Waals surface area contributed by atoms with Crippen LogP contribution in [0.25, 0.3) is 22.0 Å². The molecule has 0 bridgehead atoms. The molecule has 4 amide bonds. The van der Waals surface area contributed by atoms with Gasteiger partial charge in [-0.3, -0.25) is 19.4 Å². The summed E-state index contributed by atoms with van der Waals surface area (Å²) in [6.07, 6.45) is 1.26. The molecule has 15 heteroatoms. The fourth-order valence-corrected chi connectivity index (χ4v) is 10.8. The van der Waals surface area contributed by atoms with E-state index in [2.05, 4.69) is 28.1 Å². The molecule has 1 saturated carbocycles. The molecular weight excluding hydrogens is 798 g/mol. The lowest BCUT2D eigenvalue weighted by Crippen LogP contribution is -2.61. The molecule has 4 unspecified atom stereocenters. The van der Waals surface area contributed by atoms with Crippen LogP contribution in [0.15, 0.2) is 54.6 Å². The number of aliphatic hydroxyl groups is 1. The van der Waals surface area contributed by atoms with Crippen molar-refractivity contribution in [2.75, 3.05) is 26.5 Å². The monoisotopic (exact) mass is 845 g/mol. The Bertz CT molecular complexity index is 2520. The second-order valence-electron chi connectivity index (χ2n) is 17.5. The number of hydrogen-bond acceptors (Lipinski definition) is 10. The molecule has 0 radical (unpaired) electrons. The third-order valence-corrected chi connectivity index (χ3v) is 14.2. The third kappa shape index (κ3) is 6.59. The molecule has 6 aliphatic rings. The van der Waals surface area contributed by atoms with Crippen LogP contribution in [0.5, 0.6) is 0 Å². The summed E-state index contributed by atoms with van der Waals surface area (Å²) in [5, 5.41) is 20.6. The fourth-order valence-electron chi connectivity index (χ4n) is 10.8. The van der Waals surface area contributed by atoms with Gasteiger partial charge < -0.3 is 40.2 Å². The van der Waals surface area contributed by atoms with E-state index in [0.717, 1.165) is 57.2 Å². The molecule has 62 heavy (non-hydrogen) atoms. The van der Waals surface area contributed by atoms with Crippen LogP contribution in [0.1, 0.15) is 96.1 Å². The van der Waals surface area contributed by atoms with E-state index in [9.17, 15) is 29.1 Å². The quantitative estimate of drug-likeness (QED) is 0.120. The van der Waals surface area contributed by atoms with Crippen LogP contribution in [-0.2, 0) is 46.4 Å². The van der Waals surface area contributed by atoms with Gasteiger partial charge in [0.15, 0.2) is 5.60 Å². The summed E-state index contributed by atoms with van der Waals surface area (Å²) in [5.74, 6) is -3.80. The zero-order valence-corrected chi connectivity index (χ0v) is 34.5. The molecule has 4 N–H and O–H groups in total. The second kappa shape index (κ2) is 15.5. The van der Waals surface area contributed by atoms with Gasteiger partial charge in [0.25, 0.3) is 0 Å². The van der Waals surface area contributed by atoms with Crippen LogP contribution in [0.4, 0.5) is 9.18 Å². The predicted molar refractivity (Wildman–Crippen MR) is 220 cm³/mol. The molecule has 14 nitrogen and oxygen atoms in total.